The first-order valence-corrected chi connectivity index (χ1v) is 6.03. The monoisotopic (exact) mass is 232 g/mol. The van der Waals surface area contributed by atoms with Crippen LogP contribution in [0.3, 0.4) is 0 Å². The summed E-state index contributed by atoms with van der Waals surface area (Å²) in [5, 5.41) is 3.26. The normalized spacial score (nSPS) is 27.8. The number of hydrogen-bond donors (Lipinski definition) is 1. The van der Waals surface area contributed by atoms with E-state index in [-0.39, 0.29) is 18.2 Å². The van der Waals surface area contributed by atoms with Gasteiger partial charge in [-0.2, -0.15) is 0 Å². The van der Waals surface area contributed by atoms with Gasteiger partial charge in [0.25, 0.3) is 0 Å². The number of carbonyl (C=O) groups is 1. The Labute approximate surface area is 101 Å². The molecule has 90 valence electrons. The second-order valence-electron chi connectivity index (χ2n) is 4.64. The molecular formula is C13H16N2O2. The topological polar surface area (TPSA) is 41.6 Å². The highest BCUT2D eigenvalue weighted by Gasteiger charge is 2.43. The van der Waals surface area contributed by atoms with E-state index in [1.54, 1.807) is 0 Å². The third kappa shape index (κ3) is 1.69. The molecule has 1 amide bonds. The van der Waals surface area contributed by atoms with Crippen molar-refractivity contribution in [3.63, 3.8) is 0 Å². The minimum atomic E-state index is -0.210. The molecule has 2 aliphatic heterocycles. The lowest BCUT2D eigenvalue weighted by Crippen LogP contribution is -2.47. The van der Waals surface area contributed by atoms with E-state index in [2.05, 4.69) is 5.32 Å². The van der Waals surface area contributed by atoms with E-state index in [0.29, 0.717) is 0 Å². The van der Waals surface area contributed by atoms with Crippen molar-refractivity contribution in [1.29, 1.82) is 0 Å². The molecule has 0 aliphatic carbocycles. The number of amides is 1. The van der Waals surface area contributed by atoms with Crippen LogP contribution in [0.4, 0.5) is 10.5 Å². The van der Waals surface area contributed by atoms with Gasteiger partial charge < -0.3 is 10.1 Å². The average Bonchev–Trinajstić information content (AvgIpc) is 2.66. The Kier molecular flexibility index (Phi) is 2.52. The van der Waals surface area contributed by atoms with Crippen molar-refractivity contribution in [1.82, 2.24) is 5.32 Å². The first kappa shape index (κ1) is 10.6. The molecule has 17 heavy (non-hydrogen) atoms. The third-order valence-electron chi connectivity index (χ3n) is 3.55. The lowest BCUT2D eigenvalue weighted by atomic mass is 10.0. The first-order valence-electron chi connectivity index (χ1n) is 6.03. The molecule has 0 spiro atoms. The summed E-state index contributed by atoms with van der Waals surface area (Å²) in [6.45, 7) is 3.73. The van der Waals surface area contributed by atoms with E-state index in [9.17, 15) is 4.79 Å². The molecule has 0 radical (unpaired) electrons. The molecule has 2 aliphatic rings. The van der Waals surface area contributed by atoms with Gasteiger partial charge in [0.1, 0.15) is 6.10 Å². The maximum Gasteiger partial charge on any atom is 0.415 e. The van der Waals surface area contributed by atoms with E-state index in [0.717, 1.165) is 30.8 Å². The van der Waals surface area contributed by atoms with E-state index in [1.807, 2.05) is 36.1 Å². The molecule has 1 aromatic carbocycles. The van der Waals surface area contributed by atoms with Gasteiger partial charge in [-0.1, -0.05) is 18.2 Å². The highest BCUT2D eigenvalue weighted by molar-refractivity contribution is 5.91. The number of nitrogens with one attached hydrogen (secondary N) is 1. The van der Waals surface area contributed by atoms with Crippen LogP contribution in [0, 0.1) is 6.92 Å². The number of para-hydroxylation sites is 1. The SMILES string of the molecule is Cc1ccccc1N1C(=O)OC2CNCCC21. The zero-order valence-electron chi connectivity index (χ0n) is 9.85. The summed E-state index contributed by atoms with van der Waals surface area (Å²) < 4.78 is 5.41. The van der Waals surface area contributed by atoms with Crippen LogP contribution in [0.25, 0.3) is 0 Å². The lowest BCUT2D eigenvalue weighted by molar-refractivity contribution is 0.121. The Hall–Kier alpha value is -1.55. The van der Waals surface area contributed by atoms with E-state index < -0.39 is 0 Å². The summed E-state index contributed by atoms with van der Waals surface area (Å²) in [6.07, 6.45) is 0.735. The van der Waals surface area contributed by atoms with Gasteiger partial charge in [-0.15, -0.1) is 0 Å². The second kappa shape index (κ2) is 4.04. The number of hydrogen-bond acceptors (Lipinski definition) is 3. The predicted octanol–water partition coefficient (Wildman–Crippen LogP) is 1.68. The van der Waals surface area contributed by atoms with Crippen LogP contribution in [-0.4, -0.2) is 31.3 Å². The molecule has 2 heterocycles. The standard InChI is InChI=1S/C13H16N2O2/c1-9-4-2-3-5-10(9)15-11-6-7-14-8-12(11)17-13(15)16/h2-5,11-12,14H,6-8H2,1H3. The van der Waals surface area contributed by atoms with Crippen LogP contribution >= 0.6 is 0 Å². The zero-order valence-corrected chi connectivity index (χ0v) is 9.85. The van der Waals surface area contributed by atoms with Crippen LogP contribution in [-0.2, 0) is 4.74 Å². The number of fused-ring (bicyclic) bond motifs is 1. The number of benzene rings is 1. The molecule has 3 rings (SSSR count). The molecule has 2 saturated heterocycles. The lowest BCUT2D eigenvalue weighted by Gasteiger charge is -2.29. The Morgan fingerprint density at radius 1 is 1.41 bits per heavy atom. The molecular weight excluding hydrogens is 216 g/mol. The Morgan fingerprint density at radius 2 is 2.24 bits per heavy atom. The number of piperidine rings is 1. The van der Waals surface area contributed by atoms with Gasteiger partial charge in [-0.3, -0.25) is 4.90 Å². The Balaban J connectivity index is 1.96. The molecule has 0 aromatic heterocycles. The average molecular weight is 232 g/mol. The summed E-state index contributed by atoms with van der Waals surface area (Å²) in [4.78, 5) is 13.8. The fourth-order valence-electron chi connectivity index (χ4n) is 2.66. The second-order valence-corrected chi connectivity index (χ2v) is 4.64. The zero-order chi connectivity index (χ0) is 11.8. The maximum absolute atomic E-state index is 12.0. The van der Waals surface area contributed by atoms with Crippen LogP contribution in [0.1, 0.15) is 12.0 Å². The van der Waals surface area contributed by atoms with Gasteiger partial charge in [0.05, 0.1) is 11.7 Å². The van der Waals surface area contributed by atoms with Crippen molar-refractivity contribution in [2.24, 2.45) is 0 Å². The Morgan fingerprint density at radius 3 is 3.06 bits per heavy atom. The molecule has 0 bridgehead atoms. The van der Waals surface area contributed by atoms with Gasteiger partial charge in [-0.05, 0) is 31.5 Å². The van der Waals surface area contributed by atoms with Crippen molar-refractivity contribution >= 4 is 11.8 Å². The largest absolute Gasteiger partial charge is 0.442 e. The van der Waals surface area contributed by atoms with Gasteiger partial charge >= 0.3 is 6.09 Å². The van der Waals surface area contributed by atoms with Crippen molar-refractivity contribution in [3.05, 3.63) is 29.8 Å². The highest BCUT2D eigenvalue weighted by atomic mass is 16.6. The fraction of sp³-hybridized carbons (Fsp3) is 0.462. The number of ether oxygens (including phenoxy) is 1. The number of carbonyl (C=O) groups excluding carboxylic acids is 1. The van der Waals surface area contributed by atoms with E-state index in [4.69, 9.17) is 4.74 Å². The van der Waals surface area contributed by atoms with Gasteiger partial charge in [-0.25, -0.2) is 4.79 Å². The summed E-state index contributed by atoms with van der Waals surface area (Å²) >= 11 is 0. The van der Waals surface area contributed by atoms with Crippen molar-refractivity contribution in [3.8, 4) is 0 Å². The number of rotatable bonds is 1. The van der Waals surface area contributed by atoms with Crippen molar-refractivity contribution in [2.75, 3.05) is 18.0 Å². The molecule has 0 saturated carbocycles. The minimum absolute atomic E-state index is 0.00384. The molecule has 4 heteroatoms. The van der Waals surface area contributed by atoms with Crippen molar-refractivity contribution in [2.45, 2.75) is 25.5 Å². The first-order chi connectivity index (χ1) is 8.27. The molecule has 1 aromatic rings. The van der Waals surface area contributed by atoms with Gasteiger partial charge in [0.2, 0.25) is 0 Å². The quantitative estimate of drug-likeness (QED) is 0.801. The van der Waals surface area contributed by atoms with Crippen LogP contribution in [0.5, 0.6) is 0 Å². The molecule has 1 N–H and O–H groups in total. The summed E-state index contributed by atoms with van der Waals surface area (Å²) in [5.41, 5.74) is 2.09. The Bertz CT molecular complexity index is 447. The van der Waals surface area contributed by atoms with Gasteiger partial charge in [0.15, 0.2) is 0 Å². The summed E-state index contributed by atoms with van der Waals surface area (Å²) in [5.74, 6) is 0. The smallest absolute Gasteiger partial charge is 0.415 e. The van der Waals surface area contributed by atoms with Gasteiger partial charge in [0, 0.05) is 6.54 Å². The number of anilines is 1. The number of nitrogens with zero attached hydrogens (tertiary/aromatic N) is 1. The third-order valence-corrected chi connectivity index (χ3v) is 3.55. The van der Waals surface area contributed by atoms with Crippen LogP contribution < -0.4 is 10.2 Å². The highest BCUT2D eigenvalue weighted by Crippen LogP contribution is 2.31. The summed E-state index contributed by atoms with van der Waals surface area (Å²) in [7, 11) is 0. The molecule has 2 fully saturated rings. The van der Waals surface area contributed by atoms with Crippen LogP contribution in [0.2, 0.25) is 0 Å². The van der Waals surface area contributed by atoms with E-state index >= 15 is 0 Å². The molecule has 2 atom stereocenters. The number of aryl methyl sites for hydroxylation is 1. The van der Waals surface area contributed by atoms with Crippen LogP contribution in [0.15, 0.2) is 24.3 Å². The fourth-order valence-corrected chi connectivity index (χ4v) is 2.66. The van der Waals surface area contributed by atoms with E-state index in [1.165, 1.54) is 0 Å². The minimum Gasteiger partial charge on any atom is -0.442 e. The molecule has 2 unspecified atom stereocenters. The van der Waals surface area contributed by atoms with Crippen molar-refractivity contribution < 1.29 is 9.53 Å². The summed E-state index contributed by atoms with van der Waals surface area (Å²) in [6, 6.07) is 8.15. The predicted molar refractivity (Wildman–Crippen MR) is 65.2 cm³/mol. The molecule has 4 nitrogen and oxygen atoms in total. The maximum atomic E-state index is 12.0.